The Labute approximate surface area is 168 Å². The Balaban J connectivity index is 1.42. The van der Waals surface area contributed by atoms with E-state index in [1.807, 2.05) is 24.3 Å². The van der Waals surface area contributed by atoms with Crippen LogP contribution in [0, 0.1) is 5.82 Å². The fourth-order valence-electron chi connectivity index (χ4n) is 2.69. The highest BCUT2D eigenvalue weighted by Crippen LogP contribution is 2.19. The normalized spacial score (nSPS) is 11.5. The molecule has 1 aromatic heterocycles. The van der Waals surface area contributed by atoms with Gasteiger partial charge in [0.1, 0.15) is 12.1 Å². The van der Waals surface area contributed by atoms with Crippen molar-refractivity contribution >= 4 is 17.6 Å². The molecule has 2 N–H and O–H groups in total. The largest absolute Gasteiger partial charge is 0.444 e. The van der Waals surface area contributed by atoms with E-state index in [0.717, 1.165) is 35.2 Å². The zero-order chi connectivity index (χ0) is 19.8. The average molecular weight is 401 g/mol. The van der Waals surface area contributed by atoms with Gasteiger partial charge in [0.2, 0.25) is 5.89 Å². The third-order valence-electron chi connectivity index (χ3n) is 4.14. The highest BCUT2D eigenvalue weighted by molar-refractivity contribution is 6.30. The Kier molecular flexibility index (Phi) is 7.03. The van der Waals surface area contributed by atoms with Crippen LogP contribution in [-0.2, 0) is 12.8 Å². The molecular weight excluding hydrogens is 379 g/mol. The number of aromatic nitrogens is 1. The molecule has 7 heteroatoms. The first-order chi connectivity index (χ1) is 13.6. The van der Waals surface area contributed by atoms with E-state index < -0.39 is 0 Å². The van der Waals surface area contributed by atoms with E-state index >= 15 is 0 Å². The van der Waals surface area contributed by atoms with Crippen LogP contribution in [0.2, 0.25) is 5.02 Å². The zero-order valence-corrected chi connectivity index (χ0v) is 16.3. The van der Waals surface area contributed by atoms with Crippen molar-refractivity contribution in [1.29, 1.82) is 0 Å². The molecular formula is C21H22ClFN4O. The summed E-state index contributed by atoms with van der Waals surface area (Å²) in [4.78, 5) is 8.66. The van der Waals surface area contributed by atoms with Crippen LogP contribution in [0.4, 0.5) is 4.39 Å². The highest BCUT2D eigenvalue weighted by atomic mass is 35.5. The van der Waals surface area contributed by atoms with Crippen LogP contribution in [0.15, 0.2) is 64.2 Å². The van der Waals surface area contributed by atoms with Crippen LogP contribution >= 0.6 is 11.6 Å². The number of nitrogens with one attached hydrogen (secondary N) is 2. The SMILES string of the molecule is CN=C(NCCc1cccc(Cl)c1)NCCc1coc(-c2ccc(F)cc2)n1. The van der Waals surface area contributed by atoms with Crippen molar-refractivity contribution in [1.82, 2.24) is 15.6 Å². The van der Waals surface area contributed by atoms with E-state index in [0.29, 0.717) is 18.9 Å². The molecule has 0 unspecified atom stereocenters. The van der Waals surface area contributed by atoms with Crippen LogP contribution in [-0.4, -0.2) is 31.1 Å². The van der Waals surface area contributed by atoms with Gasteiger partial charge in [-0.05, 0) is 48.4 Å². The van der Waals surface area contributed by atoms with Crippen molar-refractivity contribution in [3.8, 4) is 11.5 Å². The summed E-state index contributed by atoms with van der Waals surface area (Å²) in [5.74, 6) is 0.928. The van der Waals surface area contributed by atoms with E-state index in [2.05, 4.69) is 20.6 Å². The molecule has 5 nitrogen and oxygen atoms in total. The first-order valence-electron chi connectivity index (χ1n) is 9.03. The van der Waals surface area contributed by atoms with Gasteiger partial charge in [0.05, 0.1) is 5.69 Å². The third kappa shape index (κ3) is 5.82. The predicted octanol–water partition coefficient (Wildman–Crippen LogP) is 4.08. The maximum absolute atomic E-state index is 13.0. The van der Waals surface area contributed by atoms with E-state index in [1.54, 1.807) is 25.4 Å². The number of aliphatic imine (C=N–C) groups is 1. The van der Waals surface area contributed by atoms with Crippen molar-refractivity contribution in [2.75, 3.05) is 20.1 Å². The summed E-state index contributed by atoms with van der Waals surface area (Å²) in [6.07, 6.45) is 3.15. The number of rotatable bonds is 7. The van der Waals surface area contributed by atoms with Crippen molar-refractivity contribution in [3.63, 3.8) is 0 Å². The quantitative estimate of drug-likeness (QED) is 0.463. The lowest BCUT2D eigenvalue weighted by molar-refractivity contribution is 0.571. The molecule has 0 bridgehead atoms. The van der Waals surface area contributed by atoms with Gasteiger partial charge in [0.15, 0.2) is 5.96 Å². The Morgan fingerprint density at radius 1 is 1.11 bits per heavy atom. The van der Waals surface area contributed by atoms with Crippen LogP contribution in [0.25, 0.3) is 11.5 Å². The summed E-state index contributed by atoms with van der Waals surface area (Å²) < 4.78 is 18.5. The number of benzene rings is 2. The zero-order valence-electron chi connectivity index (χ0n) is 15.6. The van der Waals surface area contributed by atoms with Gasteiger partial charge in [-0.3, -0.25) is 4.99 Å². The second kappa shape index (κ2) is 9.90. The molecule has 28 heavy (non-hydrogen) atoms. The van der Waals surface area contributed by atoms with Gasteiger partial charge < -0.3 is 15.1 Å². The van der Waals surface area contributed by atoms with Gasteiger partial charge in [-0.2, -0.15) is 0 Å². The minimum Gasteiger partial charge on any atom is -0.444 e. The number of halogens is 2. The number of hydrogen-bond donors (Lipinski definition) is 2. The Bertz CT molecular complexity index is 924. The highest BCUT2D eigenvalue weighted by Gasteiger charge is 2.07. The lowest BCUT2D eigenvalue weighted by Gasteiger charge is -2.11. The Morgan fingerprint density at radius 3 is 2.57 bits per heavy atom. The molecule has 0 fully saturated rings. The lowest BCUT2D eigenvalue weighted by Crippen LogP contribution is -2.39. The molecule has 0 aliphatic heterocycles. The van der Waals surface area contributed by atoms with Gasteiger partial charge in [0, 0.05) is 37.1 Å². The van der Waals surface area contributed by atoms with Gasteiger partial charge >= 0.3 is 0 Å². The van der Waals surface area contributed by atoms with Gasteiger partial charge in [-0.25, -0.2) is 9.37 Å². The topological polar surface area (TPSA) is 62.5 Å². The van der Waals surface area contributed by atoms with E-state index in [9.17, 15) is 4.39 Å². The lowest BCUT2D eigenvalue weighted by atomic mass is 10.1. The minimum absolute atomic E-state index is 0.283. The van der Waals surface area contributed by atoms with Crippen molar-refractivity contribution in [2.24, 2.45) is 4.99 Å². The molecule has 0 amide bonds. The molecule has 3 rings (SSSR count). The Morgan fingerprint density at radius 2 is 1.86 bits per heavy atom. The molecule has 0 spiro atoms. The maximum atomic E-state index is 13.0. The van der Waals surface area contributed by atoms with Crippen LogP contribution < -0.4 is 10.6 Å². The molecule has 0 saturated heterocycles. The fourth-order valence-corrected chi connectivity index (χ4v) is 2.91. The van der Waals surface area contributed by atoms with Gasteiger partial charge in [-0.15, -0.1) is 0 Å². The molecule has 2 aromatic carbocycles. The summed E-state index contributed by atoms with van der Waals surface area (Å²) in [6.45, 7) is 1.41. The monoisotopic (exact) mass is 400 g/mol. The molecule has 0 radical (unpaired) electrons. The van der Waals surface area contributed by atoms with E-state index in [4.69, 9.17) is 16.0 Å². The molecule has 0 aliphatic rings. The summed E-state index contributed by atoms with van der Waals surface area (Å²) in [7, 11) is 1.73. The summed E-state index contributed by atoms with van der Waals surface area (Å²) in [6, 6.07) is 13.9. The summed E-state index contributed by atoms with van der Waals surface area (Å²) in [5, 5.41) is 7.27. The molecule has 146 valence electrons. The summed E-state index contributed by atoms with van der Waals surface area (Å²) >= 11 is 6.00. The average Bonchev–Trinajstić information content (AvgIpc) is 3.16. The fraction of sp³-hybridized carbons (Fsp3) is 0.238. The summed E-state index contributed by atoms with van der Waals surface area (Å²) in [5.41, 5.74) is 2.74. The molecule has 0 saturated carbocycles. The Hall–Kier alpha value is -2.86. The number of hydrogen-bond acceptors (Lipinski definition) is 3. The van der Waals surface area contributed by atoms with Crippen LogP contribution in [0.3, 0.4) is 0 Å². The number of nitrogens with zero attached hydrogens (tertiary/aromatic N) is 2. The predicted molar refractivity (Wildman–Crippen MR) is 110 cm³/mol. The molecule has 1 heterocycles. The smallest absolute Gasteiger partial charge is 0.226 e. The second-order valence-electron chi connectivity index (χ2n) is 6.21. The van der Waals surface area contributed by atoms with Crippen molar-refractivity contribution < 1.29 is 8.81 Å². The molecule has 3 aromatic rings. The first kappa shape index (κ1) is 19.9. The van der Waals surface area contributed by atoms with Gasteiger partial charge in [-0.1, -0.05) is 23.7 Å². The second-order valence-corrected chi connectivity index (χ2v) is 6.64. The van der Waals surface area contributed by atoms with E-state index in [1.165, 1.54) is 17.7 Å². The van der Waals surface area contributed by atoms with Crippen LogP contribution in [0.5, 0.6) is 0 Å². The standard InChI is InChI=1S/C21H22ClFN4O/c1-24-21(25-11-9-15-3-2-4-17(22)13-15)26-12-10-19-14-28-20(27-19)16-5-7-18(23)8-6-16/h2-8,13-14H,9-12H2,1H3,(H2,24,25,26). The maximum Gasteiger partial charge on any atom is 0.226 e. The third-order valence-corrected chi connectivity index (χ3v) is 4.37. The van der Waals surface area contributed by atoms with Gasteiger partial charge in [0.25, 0.3) is 0 Å². The molecule has 0 aliphatic carbocycles. The molecule has 0 atom stereocenters. The number of guanidine groups is 1. The number of oxazole rings is 1. The first-order valence-corrected chi connectivity index (χ1v) is 9.41. The van der Waals surface area contributed by atoms with Crippen molar-refractivity contribution in [2.45, 2.75) is 12.8 Å². The van der Waals surface area contributed by atoms with E-state index in [-0.39, 0.29) is 5.82 Å². The minimum atomic E-state index is -0.283. The van der Waals surface area contributed by atoms with Crippen LogP contribution in [0.1, 0.15) is 11.3 Å². The van der Waals surface area contributed by atoms with Crippen molar-refractivity contribution in [3.05, 3.63) is 76.9 Å².